The first-order chi connectivity index (χ1) is 7.33. The maximum absolute atomic E-state index is 6.08. The Balaban J connectivity index is 2.17. The maximum Gasteiger partial charge on any atom is 0.490 e. The summed E-state index contributed by atoms with van der Waals surface area (Å²) in [4.78, 5) is 0. The van der Waals surface area contributed by atoms with Crippen LogP contribution in [-0.2, 0) is 9.31 Å². The Kier molecular flexibility index (Phi) is 2.96. The summed E-state index contributed by atoms with van der Waals surface area (Å²) in [5, 5.41) is 0. The monoisotopic (exact) mass is 222 g/mol. The van der Waals surface area contributed by atoms with Crippen LogP contribution < -0.4 is 0 Å². The van der Waals surface area contributed by atoms with E-state index in [2.05, 4.69) is 40.7 Å². The third kappa shape index (κ3) is 1.95. The third-order valence-electron chi connectivity index (χ3n) is 4.32. The van der Waals surface area contributed by atoms with E-state index in [-0.39, 0.29) is 18.3 Å². The first-order valence-corrected chi connectivity index (χ1v) is 6.39. The quantitative estimate of drug-likeness (QED) is 0.633. The highest BCUT2D eigenvalue weighted by Gasteiger charge is 2.52. The number of allylic oxidation sites excluding steroid dienone is 2. The molecule has 0 amide bonds. The highest BCUT2D eigenvalue weighted by atomic mass is 16.7. The summed E-state index contributed by atoms with van der Waals surface area (Å²) in [7, 11) is -0.125. The topological polar surface area (TPSA) is 18.5 Å². The van der Waals surface area contributed by atoms with E-state index in [4.69, 9.17) is 9.31 Å². The van der Waals surface area contributed by atoms with Gasteiger partial charge in [0.1, 0.15) is 0 Å². The van der Waals surface area contributed by atoms with E-state index in [0.717, 1.165) is 0 Å². The van der Waals surface area contributed by atoms with Crippen molar-refractivity contribution >= 4 is 7.12 Å². The first-order valence-electron chi connectivity index (χ1n) is 6.39. The lowest BCUT2D eigenvalue weighted by atomic mass is 9.67. The summed E-state index contributed by atoms with van der Waals surface area (Å²) in [6.45, 7) is 10.7. The van der Waals surface area contributed by atoms with Crippen molar-refractivity contribution in [1.29, 1.82) is 0 Å². The van der Waals surface area contributed by atoms with Crippen LogP contribution in [0.4, 0.5) is 0 Å². The van der Waals surface area contributed by atoms with E-state index in [1.807, 2.05) is 0 Å². The summed E-state index contributed by atoms with van der Waals surface area (Å²) in [5.41, 5.74) is 0.927. The van der Waals surface area contributed by atoms with Crippen LogP contribution in [0, 0.1) is 5.92 Å². The summed E-state index contributed by atoms with van der Waals surface area (Å²) >= 11 is 0. The molecule has 0 bridgehead atoms. The van der Waals surface area contributed by atoms with Crippen molar-refractivity contribution in [2.45, 2.75) is 65.1 Å². The minimum atomic E-state index is -0.213. The molecule has 1 fully saturated rings. The van der Waals surface area contributed by atoms with Gasteiger partial charge in [-0.2, -0.15) is 0 Å². The first kappa shape index (κ1) is 12.2. The molecule has 1 aliphatic heterocycles. The number of rotatable bonds is 1. The van der Waals surface area contributed by atoms with Crippen LogP contribution in [-0.4, -0.2) is 18.3 Å². The molecule has 1 saturated heterocycles. The average Bonchev–Trinajstić information content (AvgIpc) is 2.36. The van der Waals surface area contributed by atoms with Gasteiger partial charge in [0.25, 0.3) is 0 Å². The Morgan fingerprint density at radius 3 is 2.25 bits per heavy atom. The zero-order valence-corrected chi connectivity index (χ0v) is 11.2. The molecule has 0 N–H and O–H groups in total. The van der Waals surface area contributed by atoms with Crippen LogP contribution in [0.3, 0.4) is 0 Å². The van der Waals surface area contributed by atoms with Crippen molar-refractivity contribution in [3.8, 4) is 0 Å². The van der Waals surface area contributed by atoms with Crippen LogP contribution >= 0.6 is 0 Å². The Bertz CT molecular complexity index is 291. The van der Waals surface area contributed by atoms with Crippen LogP contribution in [0.1, 0.15) is 53.9 Å². The Morgan fingerprint density at radius 2 is 1.75 bits per heavy atom. The van der Waals surface area contributed by atoms with Gasteiger partial charge in [-0.15, -0.1) is 0 Å². The molecule has 0 unspecified atom stereocenters. The van der Waals surface area contributed by atoms with E-state index >= 15 is 0 Å². The van der Waals surface area contributed by atoms with Gasteiger partial charge in [0.15, 0.2) is 0 Å². The fraction of sp³-hybridized carbons (Fsp3) is 0.846. The molecule has 1 heterocycles. The average molecular weight is 222 g/mol. The minimum absolute atomic E-state index is 0.125. The predicted molar refractivity (Wildman–Crippen MR) is 67.2 cm³/mol. The second kappa shape index (κ2) is 3.88. The van der Waals surface area contributed by atoms with E-state index in [9.17, 15) is 0 Å². The van der Waals surface area contributed by atoms with Gasteiger partial charge in [-0.1, -0.05) is 13.0 Å². The third-order valence-corrected chi connectivity index (χ3v) is 4.32. The van der Waals surface area contributed by atoms with Crippen molar-refractivity contribution in [2.24, 2.45) is 5.92 Å². The Hall–Kier alpha value is -0.275. The molecule has 1 atom stereocenters. The van der Waals surface area contributed by atoms with Gasteiger partial charge in [0, 0.05) is 0 Å². The molecule has 1 aliphatic carbocycles. The van der Waals surface area contributed by atoms with Crippen LogP contribution in [0.2, 0.25) is 0 Å². The minimum Gasteiger partial charge on any atom is -0.400 e. The van der Waals surface area contributed by atoms with Crippen molar-refractivity contribution in [3.63, 3.8) is 0 Å². The van der Waals surface area contributed by atoms with E-state index in [0.29, 0.717) is 5.92 Å². The van der Waals surface area contributed by atoms with E-state index < -0.39 is 0 Å². The van der Waals surface area contributed by atoms with Crippen molar-refractivity contribution in [3.05, 3.63) is 11.5 Å². The maximum atomic E-state index is 6.08. The molecular formula is C13H23BO2. The highest BCUT2D eigenvalue weighted by Crippen LogP contribution is 2.41. The lowest BCUT2D eigenvalue weighted by Crippen LogP contribution is -2.41. The molecule has 0 spiro atoms. The molecule has 90 valence electrons. The van der Waals surface area contributed by atoms with Crippen molar-refractivity contribution in [1.82, 2.24) is 0 Å². The van der Waals surface area contributed by atoms with Gasteiger partial charge in [-0.3, -0.25) is 0 Å². The molecule has 0 radical (unpaired) electrons. The Morgan fingerprint density at radius 1 is 1.19 bits per heavy atom. The molecule has 16 heavy (non-hydrogen) atoms. The second-order valence-electron chi connectivity index (χ2n) is 6.12. The lowest BCUT2D eigenvalue weighted by Gasteiger charge is -2.32. The van der Waals surface area contributed by atoms with Gasteiger partial charge in [0.05, 0.1) is 11.2 Å². The van der Waals surface area contributed by atoms with Gasteiger partial charge in [-0.25, -0.2) is 0 Å². The summed E-state index contributed by atoms with van der Waals surface area (Å²) < 4.78 is 12.2. The molecule has 3 heteroatoms. The smallest absolute Gasteiger partial charge is 0.400 e. The van der Waals surface area contributed by atoms with Crippen LogP contribution in [0.25, 0.3) is 0 Å². The SMILES string of the molecule is C[C@H]1CCCC=C1B1OC(C)(C)C(C)(C)O1. The molecule has 0 aromatic carbocycles. The molecule has 2 aliphatic rings. The largest absolute Gasteiger partial charge is 0.490 e. The van der Waals surface area contributed by atoms with Gasteiger partial charge < -0.3 is 9.31 Å². The number of hydrogen-bond acceptors (Lipinski definition) is 2. The summed E-state index contributed by atoms with van der Waals surface area (Å²) in [6.07, 6.45) is 6.04. The van der Waals surface area contributed by atoms with Crippen LogP contribution in [0.5, 0.6) is 0 Å². The zero-order chi connectivity index (χ0) is 12.0. The van der Waals surface area contributed by atoms with Gasteiger partial charge >= 0.3 is 7.12 Å². The molecule has 2 rings (SSSR count). The molecular weight excluding hydrogens is 199 g/mol. The summed E-state index contributed by atoms with van der Waals surface area (Å²) in [5.74, 6) is 0.600. The second-order valence-corrected chi connectivity index (χ2v) is 6.12. The number of hydrogen-bond donors (Lipinski definition) is 0. The fourth-order valence-corrected chi connectivity index (χ4v) is 2.37. The molecule has 0 saturated carbocycles. The summed E-state index contributed by atoms with van der Waals surface area (Å²) in [6, 6.07) is 0. The molecule has 0 aromatic heterocycles. The van der Waals surface area contributed by atoms with Crippen molar-refractivity contribution in [2.75, 3.05) is 0 Å². The van der Waals surface area contributed by atoms with E-state index in [1.165, 1.54) is 24.7 Å². The van der Waals surface area contributed by atoms with Gasteiger partial charge in [-0.05, 0) is 58.3 Å². The Labute approximate surface area is 99.5 Å². The molecule has 0 aromatic rings. The fourth-order valence-electron chi connectivity index (χ4n) is 2.37. The van der Waals surface area contributed by atoms with Crippen molar-refractivity contribution < 1.29 is 9.31 Å². The normalized spacial score (nSPS) is 32.7. The highest BCUT2D eigenvalue weighted by molar-refractivity contribution is 6.54. The van der Waals surface area contributed by atoms with Crippen LogP contribution in [0.15, 0.2) is 11.5 Å². The van der Waals surface area contributed by atoms with Gasteiger partial charge in [0.2, 0.25) is 0 Å². The standard InChI is InChI=1S/C13H23BO2/c1-10-8-6-7-9-11(10)14-15-12(2,3)13(4,5)16-14/h9-10H,6-8H2,1-5H3/t10-/m0/s1. The zero-order valence-electron chi connectivity index (χ0n) is 11.2. The molecule has 2 nitrogen and oxygen atoms in total. The lowest BCUT2D eigenvalue weighted by molar-refractivity contribution is 0.00578. The predicted octanol–water partition coefficient (Wildman–Crippen LogP) is 3.36. The van der Waals surface area contributed by atoms with E-state index in [1.54, 1.807) is 0 Å².